The van der Waals surface area contributed by atoms with Crippen molar-refractivity contribution in [2.45, 2.75) is 51.6 Å². The van der Waals surface area contributed by atoms with Crippen molar-refractivity contribution in [1.29, 1.82) is 0 Å². The molecule has 6 heteroatoms. The summed E-state index contributed by atoms with van der Waals surface area (Å²) in [6.45, 7) is 0.420. The number of aryl methyl sites for hydroxylation is 1. The number of hydrogen-bond donors (Lipinski definition) is 1. The molecule has 1 N–H and O–H groups in total. The highest BCUT2D eigenvalue weighted by atomic mass is 16.5. The van der Waals surface area contributed by atoms with Crippen LogP contribution in [-0.4, -0.2) is 36.9 Å². The van der Waals surface area contributed by atoms with Gasteiger partial charge >= 0.3 is 5.97 Å². The second-order valence-electron chi connectivity index (χ2n) is 7.27. The third-order valence-electron chi connectivity index (χ3n) is 4.96. The molecule has 0 atom stereocenters. The molecule has 0 aliphatic heterocycles. The zero-order valence-corrected chi connectivity index (χ0v) is 18.5. The van der Waals surface area contributed by atoms with Crippen LogP contribution in [0, 0.1) is 0 Å². The predicted octanol–water partition coefficient (Wildman–Crippen LogP) is 4.73. The fourth-order valence-corrected chi connectivity index (χ4v) is 3.16. The number of carbonyl (C=O) groups excluding carboxylic acids is 1. The second kappa shape index (κ2) is 14.2. The lowest BCUT2D eigenvalue weighted by atomic mass is 10.0. The number of benzene rings is 1. The third kappa shape index (κ3) is 9.22. The highest BCUT2D eigenvalue weighted by molar-refractivity contribution is 5.87. The Bertz CT molecular complexity index is 817. The number of esters is 1. The lowest BCUT2D eigenvalue weighted by Gasteiger charge is -2.10. The molecule has 2 rings (SSSR count). The average molecular weight is 428 g/mol. The molecule has 0 bridgehead atoms. The lowest BCUT2D eigenvalue weighted by molar-refractivity contribution is -0.134. The van der Waals surface area contributed by atoms with Crippen LogP contribution in [0.3, 0.4) is 0 Å². The molecule has 168 valence electrons. The van der Waals surface area contributed by atoms with Crippen LogP contribution in [0.4, 0.5) is 0 Å². The number of ether oxygens (including phenoxy) is 3. The van der Waals surface area contributed by atoms with Crippen LogP contribution >= 0.6 is 0 Å². The number of methoxy groups -OCH3 is 2. The number of pyridine rings is 1. The zero-order chi connectivity index (χ0) is 22.3. The van der Waals surface area contributed by atoms with Crippen LogP contribution in [0.1, 0.15) is 55.5 Å². The van der Waals surface area contributed by atoms with Gasteiger partial charge in [-0.3, -0.25) is 0 Å². The number of aliphatic hydroxyl groups is 1. The molecule has 0 aliphatic rings. The van der Waals surface area contributed by atoms with Crippen LogP contribution in [0.15, 0.2) is 42.5 Å². The first-order valence-corrected chi connectivity index (χ1v) is 10.8. The zero-order valence-electron chi connectivity index (χ0n) is 18.5. The summed E-state index contributed by atoms with van der Waals surface area (Å²) >= 11 is 0. The molecule has 0 unspecified atom stereocenters. The molecule has 0 spiro atoms. The van der Waals surface area contributed by atoms with Crippen molar-refractivity contribution in [2.24, 2.45) is 0 Å². The van der Waals surface area contributed by atoms with Crippen LogP contribution in [0.25, 0.3) is 6.08 Å². The minimum Gasteiger partial charge on any atom is -0.497 e. The summed E-state index contributed by atoms with van der Waals surface area (Å²) in [7, 11) is 3.01. The van der Waals surface area contributed by atoms with E-state index in [1.165, 1.54) is 44.4 Å². The first-order valence-electron chi connectivity index (χ1n) is 10.8. The summed E-state index contributed by atoms with van der Waals surface area (Å²) in [4.78, 5) is 15.6. The normalized spacial score (nSPS) is 10.9. The minimum absolute atomic E-state index is 0.169. The molecular weight excluding hydrogens is 394 g/mol. The summed E-state index contributed by atoms with van der Waals surface area (Å²) in [6.07, 6.45) is 10.8. The van der Waals surface area contributed by atoms with Gasteiger partial charge in [-0.05, 0) is 55.2 Å². The van der Waals surface area contributed by atoms with Crippen LogP contribution in [0.2, 0.25) is 0 Å². The van der Waals surface area contributed by atoms with E-state index in [1.807, 2.05) is 12.1 Å². The van der Waals surface area contributed by atoms with Gasteiger partial charge in [0.25, 0.3) is 0 Å². The second-order valence-corrected chi connectivity index (χ2v) is 7.27. The Morgan fingerprint density at radius 2 is 1.68 bits per heavy atom. The molecule has 31 heavy (non-hydrogen) atoms. The first kappa shape index (κ1) is 24.4. The van der Waals surface area contributed by atoms with E-state index >= 15 is 0 Å². The van der Waals surface area contributed by atoms with Crippen LogP contribution in [-0.2, 0) is 22.6 Å². The molecule has 1 heterocycles. The molecule has 0 radical (unpaired) electrons. The fraction of sp³-hybridized carbons (Fsp3) is 0.440. The van der Waals surface area contributed by atoms with E-state index < -0.39 is 5.97 Å². The SMILES string of the molecule is COC(=O)C=Cc1nc(CO)ccc1OCCCCCCCCc1ccc(OC)cc1. The van der Waals surface area contributed by atoms with Gasteiger partial charge in [0.2, 0.25) is 0 Å². The van der Waals surface area contributed by atoms with E-state index in [2.05, 4.69) is 21.9 Å². The van der Waals surface area contributed by atoms with Gasteiger partial charge in [0.1, 0.15) is 17.2 Å². The van der Waals surface area contributed by atoms with Gasteiger partial charge in [0, 0.05) is 6.08 Å². The van der Waals surface area contributed by atoms with E-state index in [1.54, 1.807) is 25.3 Å². The molecule has 1 aromatic carbocycles. The average Bonchev–Trinajstić information content (AvgIpc) is 2.82. The van der Waals surface area contributed by atoms with Gasteiger partial charge in [0.15, 0.2) is 0 Å². The molecule has 2 aromatic rings. The Morgan fingerprint density at radius 3 is 2.35 bits per heavy atom. The Kier molecular flexibility index (Phi) is 11.2. The van der Waals surface area contributed by atoms with Gasteiger partial charge in [0.05, 0.1) is 33.1 Å². The standard InChI is InChI=1S/C25H33NO5/c1-29-22-13-10-20(11-14-22)9-7-5-3-4-6-8-18-31-24-16-12-21(19-27)26-23(24)15-17-25(28)30-2/h10-17,27H,3-9,18-19H2,1-2H3. The summed E-state index contributed by atoms with van der Waals surface area (Å²) < 4.78 is 15.6. The number of nitrogens with zero attached hydrogens (tertiary/aromatic N) is 1. The summed E-state index contributed by atoms with van der Waals surface area (Å²) in [6, 6.07) is 11.8. The Labute approximate surface area is 184 Å². The maximum atomic E-state index is 11.3. The van der Waals surface area contributed by atoms with Gasteiger partial charge in [-0.15, -0.1) is 0 Å². The molecule has 1 aromatic heterocycles. The molecular formula is C25H33NO5. The Morgan fingerprint density at radius 1 is 0.968 bits per heavy atom. The number of hydrogen-bond acceptors (Lipinski definition) is 6. The number of aromatic nitrogens is 1. The largest absolute Gasteiger partial charge is 0.497 e. The smallest absolute Gasteiger partial charge is 0.330 e. The van der Waals surface area contributed by atoms with Crippen LogP contribution in [0.5, 0.6) is 11.5 Å². The first-order chi connectivity index (χ1) is 15.2. The van der Waals surface area contributed by atoms with Gasteiger partial charge in [-0.25, -0.2) is 9.78 Å². The maximum absolute atomic E-state index is 11.3. The van der Waals surface area contributed by atoms with Crippen molar-refractivity contribution in [1.82, 2.24) is 4.98 Å². The molecule has 0 amide bonds. The van der Waals surface area contributed by atoms with E-state index in [0.717, 1.165) is 25.0 Å². The third-order valence-corrected chi connectivity index (χ3v) is 4.96. The fourth-order valence-electron chi connectivity index (χ4n) is 3.16. The quantitative estimate of drug-likeness (QED) is 0.267. The highest BCUT2D eigenvalue weighted by Crippen LogP contribution is 2.20. The van der Waals surface area contributed by atoms with Gasteiger partial charge in [-0.1, -0.05) is 37.8 Å². The molecule has 0 aliphatic carbocycles. The molecule has 6 nitrogen and oxygen atoms in total. The molecule has 0 fully saturated rings. The van der Waals surface area contributed by atoms with E-state index in [9.17, 15) is 9.90 Å². The molecule has 0 saturated heterocycles. The number of aliphatic hydroxyl groups excluding tert-OH is 1. The maximum Gasteiger partial charge on any atom is 0.330 e. The molecule has 0 saturated carbocycles. The predicted molar refractivity (Wildman–Crippen MR) is 121 cm³/mol. The topological polar surface area (TPSA) is 77.9 Å². The summed E-state index contributed by atoms with van der Waals surface area (Å²) in [5.74, 6) is 1.03. The van der Waals surface area contributed by atoms with Crippen molar-refractivity contribution in [3.05, 3.63) is 59.4 Å². The van der Waals surface area contributed by atoms with Gasteiger partial charge in [-0.2, -0.15) is 0 Å². The minimum atomic E-state index is -0.464. The summed E-state index contributed by atoms with van der Waals surface area (Å²) in [5.41, 5.74) is 2.38. The van der Waals surface area contributed by atoms with Crippen molar-refractivity contribution in [3.63, 3.8) is 0 Å². The van der Waals surface area contributed by atoms with E-state index in [4.69, 9.17) is 9.47 Å². The Balaban J connectivity index is 1.63. The van der Waals surface area contributed by atoms with Crippen molar-refractivity contribution < 1.29 is 24.1 Å². The van der Waals surface area contributed by atoms with Crippen molar-refractivity contribution >= 4 is 12.0 Å². The Hall–Kier alpha value is -2.86. The lowest BCUT2D eigenvalue weighted by Crippen LogP contribution is -2.02. The number of carbonyl (C=O) groups is 1. The van der Waals surface area contributed by atoms with Crippen molar-refractivity contribution in [2.75, 3.05) is 20.8 Å². The number of unbranched alkanes of at least 4 members (excludes halogenated alkanes) is 5. The highest BCUT2D eigenvalue weighted by Gasteiger charge is 2.06. The van der Waals surface area contributed by atoms with Gasteiger partial charge < -0.3 is 19.3 Å². The number of rotatable bonds is 14. The van der Waals surface area contributed by atoms with Crippen molar-refractivity contribution in [3.8, 4) is 11.5 Å². The van der Waals surface area contributed by atoms with E-state index in [-0.39, 0.29) is 6.61 Å². The summed E-state index contributed by atoms with van der Waals surface area (Å²) in [5, 5.41) is 9.27. The van der Waals surface area contributed by atoms with Crippen LogP contribution < -0.4 is 9.47 Å². The monoisotopic (exact) mass is 427 g/mol. The van der Waals surface area contributed by atoms with E-state index in [0.29, 0.717) is 23.7 Å².